The van der Waals surface area contributed by atoms with Crippen LogP contribution in [0.15, 0.2) is 18.2 Å². The van der Waals surface area contributed by atoms with Crippen molar-refractivity contribution in [1.29, 1.82) is 0 Å². The number of hydrogen-bond donors (Lipinski definition) is 2. The largest absolute Gasteiger partial charge is 0.496 e. The van der Waals surface area contributed by atoms with Crippen LogP contribution < -0.4 is 10.1 Å². The first-order valence-electron chi connectivity index (χ1n) is 6.53. The number of amides is 1. The molecule has 0 aliphatic heterocycles. The van der Waals surface area contributed by atoms with Crippen molar-refractivity contribution in [3.05, 3.63) is 29.3 Å². The quantitative estimate of drug-likeness (QED) is 0.837. The van der Waals surface area contributed by atoms with E-state index in [0.29, 0.717) is 17.7 Å². The van der Waals surface area contributed by atoms with Crippen molar-refractivity contribution < 1.29 is 19.4 Å². The van der Waals surface area contributed by atoms with E-state index >= 15 is 0 Å². The lowest BCUT2D eigenvalue weighted by Gasteiger charge is -2.17. The minimum Gasteiger partial charge on any atom is -0.496 e. The van der Waals surface area contributed by atoms with Gasteiger partial charge in [-0.3, -0.25) is 4.79 Å². The Balaban J connectivity index is 2.86. The molecule has 1 aromatic carbocycles. The molecule has 0 fully saturated rings. The molecule has 20 heavy (non-hydrogen) atoms. The van der Waals surface area contributed by atoms with Crippen LogP contribution in [0.5, 0.6) is 5.75 Å². The molecule has 0 bridgehead atoms. The summed E-state index contributed by atoms with van der Waals surface area (Å²) in [6.07, 6.45) is 0.393. The predicted octanol–water partition coefficient (Wildman–Crippen LogP) is 2.23. The number of nitrogens with one attached hydrogen (secondary N) is 1. The van der Waals surface area contributed by atoms with E-state index in [9.17, 15) is 9.59 Å². The summed E-state index contributed by atoms with van der Waals surface area (Å²) in [7, 11) is 1.53. The number of aryl methyl sites for hydroxylation is 1. The van der Waals surface area contributed by atoms with Gasteiger partial charge in [0.15, 0.2) is 0 Å². The molecule has 2 N–H and O–H groups in total. The molecule has 1 amide bonds. The van der Waals surface area contributed by atoms with Gasteiger partial charge in [0, 0.05) is 5.56 Å². The minimum atomic E-state index is -1.02. The molecule has 0 aliphatic carbocycles. The highest BCUT2D eigenvalue weighted by Crippen LogP contribution is 2.19. The van der Waals surface area contributed by atoms with E-state index in [4.69, 9.17) is 9.84 Å². The lowest BCUT2D eigenvalue weighted by molar-refractivity contribution is -0.139. The van der Waals surface area contributed by atoms with E-state index in [1.807, 2.05) is 20.8 Å². The summed E-state index contributed by atoms with van der Waals surface area (Å²) in [5, 5.41) is 11.7. The second-order valence-electron chi connectivity index (χ2n) is 5.18. The predicted molar refractivity (Wildman–Crippen MR) is 76.1 cm³/mol. The Morgan fingerprint density at radius 1 is 1.35 bits per heavy atom. The zero-order chi connectivity index (χ0) is 15.3. The molecule has 0 heterocycles. The normalized spacial score (nSPS) is 12.1. The topological polar surface area (TPSA) is 75.6 Å². The number of aliphatic carboxylic acids is 1. The summed E-state index contributed by atoms with van der Waals surface area (Å²) in [5.41, 5.74) is 1.31. The van der Waals surface area contributed by atoms with E-state index in [2.05, 4.69) is 5.32 Å². The average molecular weight is 279 g/mol. The fourth-order valence-corrected chi connectivity index (χ4v) is 1.90. The molecule has 0 saturated carbocycles. The molecule has 110 valence electrons. The smallest absolute Gasteiger partial charge is 0.326 e. The third-order valence-electron chi connectivity index (χ3n) is 2.98. The molecular formula is C15H21NO4. The van der Waals surface area contributed by atoms with Crippen LogP contribution in [0.1, 0.15) is 36.2 Å². The van der Waals surface area contributed by atoms with Crippen LogP contribution in [0, 0.1) is 12.8 Å². The number of carbonyl (C=O) groups is 2. The van der Waals surface area contributed by atoms with Crippen molar-refractivity contribution in [3.63, 3.8) is 0 Å². The number of rotatable bonds is 6. The first kappa shape index (κ1) is 16.0. The van der Waals surface area contributed by atoms with Gasteiger partial charge in [0.1, 0.15) is 11.8 Å². The second-order valence-corrected chi connectivity index (χ2v) is 5.18. The summed E-state index contributed by atoms with van der Waals surface area (Å²) in [4.78, 5) is 23.2. The third kappa shape index (κ3) is 4.26. The molecule has 5 nitrogen and oxygen atoms in total. The van der Waals surface area contributed by atoms with Gasteiger partial charge in [-0.2, -0.15) is 0 Å². The van der Waals surface area contributed by atoms with E-state index in [1.54, 1.807) is 18.2 Å². The Labute approximate surface area is 118 Å². The first-order valence-corrected chi connectivity index (χ1v) is 6.53. The summed E-state index contributed by atoms with van der Waals surface area (Å²) in [6.45, 7) is 5.70. The van der Waals surface area contributed by atoms with Crippen molar-refractivity contribution >= 4 is 11.9 Å². The van der Waals surface area contributed by atoms with Crippen molar-refractivity contribution in [2.24, 2.45) is 5.92 Å². The van der Waals surface area contributed by atoms with E-state index in [0.717, 1.165) is 5.56 Å². The molecule has 0 unspecified atom stereocenters. The Hall–Kier alpha value is -2.04. The van der Waals surface area contributed by atoms with Crippen molar-refractivity contribution in [1.82, 2.24) is 5.32 Å². The maximum Gasteiger partial charge on any atom is 0.326 e. The van der Waals surface area contributed by atoms with Crippen LogP contribution >= 0.6 is 0 Å². The average Bonchev–Trinajstić information content (AvgIpc) is 2.37. The standard InChI is InChI=1S/C15H21NO4/c1-9(2)7-12(15(18)19)16-14(17)11-6-5-10(3)13(8-11)20-4/h5-6,8-9,12H,7H2,1-4H3,(H,16,17)(H,18,19)/t12-/m1/s1. The monoisotopic (exact) mass is 279 g/mol. The lowest BCUT2D eigenvalue weighted by atomic mass is 10.0. The number of ether oxygens (including phenoxy) is 1. The zero-order valence-corrected chi connectivity index (χ0v) is 12.3. The van der Waals surface area contributed by atoms with Gasteiger partial charge in [-0.25, -0.2) is 4.79 Å². The van der Waals surface area contributed by atoms with Gasteiger partial charge in [0.2, 0.25) is 0 Å². The summed E-state index contributed by atoms with van der Waals surface area (Å²) >= 11 is 0. The lowest BCUT2D eigenvalue weighted by Crippen LogP contribution is -2.41. The molecule has 1 aromatic rings. The van der Waals surface area contributed by atoms with Crippen LogP contribution in [-0.4, -0.2) is 30.1 Å². The van der Waals surface area contributed by atoms with Gasteiger partial charge in [-0.1, -0.05) is 19.9 Å². The third-order valence-corrected chi connectivity index (χ3v) is 2.98. The van der Waals surface area contributed by atoms with Gasteiger partial charge in [0.25, 0.3) is 5.91 Å². The summed E-state index contributed by atoms with van der Waals surface area (Å²) in [6, 6.07) is 4.15. The number of benzene rings is 1. The molecule has 0 aliphatic rings. The molecule has 0 spiro atoms. The minimum absolute atomic E-state index is 0.184. The highest BCUT2D eigenvalue weighted by molar-refractivity contribution is 5.97. The van der Waals surface area contributed by atoms with E-state index in [-0.39, 0.29) is 5.92 Å². The maximum absolute atomic E-state index is 12.1. The molecule has 0 aromatic heterocycles. The van der Waals surface area contributed by atoms with Crippen molar-refractivity contribution in [2.75, 3.05) is 7.11 Å². The fraction of sp³-hybridized carbons (Fsp3) is 0.467. The number of carbonyl (C=O) groups excluding carboxylic acids is 1. The highest BCUT2D eigenvalue weighted by atomic mass is 16.5. The van der Waals surface area contributed by atoms with E-state index < -0.39 is 17.9 Å². The Morgan fingerprint density at radius 3 is 2.50 bits per heavy atom. The Morgan fingerprint density at radius 2 is 2.00 bits per heavy atom. The van der Waals surface area contributed by atoms with Crippen LogP contribution in [0.25, 0.3) is 0 Å². The molecular weight excluding hydrogens is 258 g/mol. The van der Waals surface area contributed by atoms with Crippen molar-refractivity contribution in [3.8, 4) is 5.75 Å². The molecule has 5 heteroatoms. The van der Waals surface area contributed by atoms with Crippen LogP contribution in [-0.2, 0) is 4.79 Å². The van der Waals surface area contributed by atoms with Gasteiger partial charge in [-0.15, -0.1) is 0 Å². The number of carboxylic acid groups (broad SMARTS) is 1. The number of hydrogen-bond acceptors (Lipinski definition) is 3. The number of carboxylic acids is 1. The first-order chi connectivity index (χ1) is 9.35. The highest BCUT2D eigenvalue weighted by Gasteiger charge is 2.22. The molecule has 1 atom stereocenters. The van der Waals surface area contributed by atoms with Gasteiger partial charge >= 0.3 is 5.97 Å². The zero-order valence-electron chi connectivity index (χ0n) is 12.3. The van der Waals surface area contributed by atoms with Crippen molar-refractivity contribution in [2.45, 2.75) is 33.2 Å². The Kier molecular flexibility index (Phi) is 5.55. The van der Waals surface area contributed by atoms with Gasteiger partial charge in [0.05, 0.1) is 7.11 Å². The van der Waals surface area contributed by atoms with Crippen LogP contribution in [0.3, 0.4) is 0 Å². The van der Waals surface area contributed by atoms with Gasteiger partial charge in [-0.05, 0) is 37.0 Å². The SMILES string of the molecule is COc1cc(C(=O)N[C@H](CC(C)C)C(=O)O)ccc1C. The summed E-state index contributed by atoms with van der Waals surface area (Å²) in [5.74, 6) is -0.639. The Bertz CT molecular complexity index is 497. The van der Waals surface area contributed by atoms with E-state index in [1.165, 1.54) is 7.11 Å². The fourth-order valence-electron chi connectivity index (χ4n) is 1.90. The molecule has 0 radical (unpaired) electrons. The molecule has 0 saturated heterocycles. The van der Waals surface area contributed by atoms with Crippen LogP contribution in [0.2, 0.25) is 0 Å². The summed E-state index contributed by atoms with van der Waals surface area (Å²) < 4.78 is 5.16. The van der Waals surface area contributed by atoms with Crippen LogP contribution in [0.4, 0.5) is 0 Å². The number of methoxy groups -OCH3 is 1. The molecule has 1 rings (SSSR count). The maximum atomic E-state index is 12.1. The second kappa shape index (κ2) is 6.93. The van der Waals surface area contributed by atoms with Gasteiger partial charge < -0.3 is 15.2 Å².